The van der Waals surface area contributed by atoms with Crippen molar-refractivity contribution in [2.24, 2.45) is 5.73 Å². The maximum atomic E-state index is 11.5. The summed E-state index contributed by atoms with van der Waals surface area (Å²) < 4.78 is 5.28. The summed E-state index contributed by atoms with van der Waals surface area (Å²) in [5.74, 6) is 0.927. The fourth-order valence-corrected chi connectivity index (χ4v) is 2.64. The zero-order valence-corrected chi connectivity index (χ0v) is 12.1. The van der Waals surface area contributed by atoms with Gasteiger partial charge in [0.1, 0.15) is 0 Å². The molecule has 1 amide bonds. The van der Waals surface area contributed by atoms with Gasteiger partial charge in [0.05, 0.1) is 12.2 Å². The lowest BCUT2D eigenvalue weighted by atomic mass is 10.0. The number of hydrogen-bond donors (Lipinski definition) is 2. The number of piperidine rings is 1. The molecule has 0 aliphatic carbocycles. The molecule has 1 aliphatic heterocycles. The minimum Gasteiger partial charge on any atom is -0.360 e. The molecule has 3 N–H and O–H groups in total. The number of amides is 1. The Kier molecular flexibility index (Phi) is 5.55. The first-order valence-electron chi connectivity index (χ1n) is 7.32. The monoisotopic (exact) mass is 280 g/mol. The highest BCUT2D eigenvalue weighted by molar-refractivity contribution is 5.76. The van der Waals surface area contributed by atoms with Crippen molar-refractivity contribution in [1.29, 1.82) is 0 Å². The van der Waals surface area contributed by atoms with Crippen LogP contribution in [-0.4, -0.2) is 41.6 Å². The Morgan fingerprint density at radius 3 is 3.15 bits per heavy atom. The smallest absolute Gasteiger partial charge is 0.221 e. The van der Waals surface area contributed by atoms with Crippen molar-refractivity contribution in [3.8, 4) is 0 Å². The largest absolute Gasteiger partial charge is 0.360 e. The van der Waals surface area contributed by atoms with Gasteiger partial charge in [-0.15, -0.1) is 0 Å². The second-order valence-electron chi connectivity index (χ2n) is 5.40. The molecular weight excluding hydrogens is 256 g/mol. The van der Waals surface area contributed by atoms with Crippen LogP contribution in [0.25, 0.3) is 0 Å². The van der Waals surface area contributed by atoms with Crippen molar-refractivity contribution >= 4 is 5.91 Å². The van der Waals surface area contributed by atoms with Crippen LogP contribution in [0, 0.1) is 6.92 Å². The molecule has 1 aromatic rings. The molecule has 112 valence electrons. The standard InChI is InChI=1S/C14H24N4O2/c1-11-8-13(20-17-11)10-18-7-3-2-4-12(18)9-16-14(19)5-6-15/h8,12H,2-7,9-10,15H2,1H3,(H,16,19). The molecule has 0 bridgehead atoms. The van der Waals surface area contributed by atoms with Crippen LogP contribution < -0.4 is 11.1 Å². The lowest BCUT2D eigenvalue weighted by Gasteiger charge is -2.35. The average Bonchev–Trinajstić information content (AvgIpc) is 2.83. The highest BCUT2D eigenvalue weighted by Gasteiger charge is 2.23. The molecule has 1 fully saturated rings. The molecule has 0 saturated carbocycles. The van der Waals surface area contributed by atoms with Crippen molar-refractivity contribution < 1.29 is 9.32 Å². The predicted octanol–water partition coefficient (Wildman–Crippen LogP) is 0.803. The van der Waals surface area contributed by atoms with Crippen molar-refractivity contribution in [3.63, 3.8) is 0 Å². The fourth-order valence-electron chi connectivity index (χ4n) is 2.64. The van der Waals surface area contributed by atoms with E-state index in [0.29, 0.717) is 25.6 Å². The van der Waals surface area contributed by atoms with Gasteiger partial charge in [-0.3, -0.25) is 9.69 Å². The van der Waals surface area contributed by atoms with E-state index in [1.807, 2.05) is 13.0 Å². The van der Waals surface area contributed by atoms with Crippen molar-refractivity contribution in [3.05, 3.63) is 17.5 Å². The van der Waals surface area contributed by atoms with Gasteiger partial charge < -0.3 is 15.6 Å². The molecule has 1 unspecified atom stereocenters. The lowest BCUT2D eigenvalue weighted by molar-refractivity contribution is -0.121. The van der Waals surface area contributed by atoms with Crippen LogP contribution in [-0.2, 0) is 11.3 Å². The van der Waals surface area contributed by atoms with Gasteiger partial charge in [-0.05, 0) is 26.3 Å². The first-order valence-corrected chi connectivity index (χ1v) is 7.32. The number of nitrogens with zero attached hydrogens (tertiary/aromatic N) is 2. The minimum absolute atomic E-state index is 0.0357. The Labute approximate surface area is 119 Å². The van der Waals surface area contributed by atoms with Crippen LogP contribution in [0.3, 0.4) is 0 Å². The first-order chi connectivity index (χ1) is 9.69. The maximum absolute atomic E-state index is 11.5. The number of aryl methyl sites for hydroxylation is 1. The number of likely N-dealkylation sites (tertiary alicyclic amines) is 1. The van der Waals surface area contributed by atoms with Gasteiger partial charge in [-0.25, -0.2) is 0 Å². The van der Waals surface area contributed by atoms with E-state index in [1.54, 1.807) is 0 Å². The number of carbonyl (C=O) groups excluding carboxylic acids is 1. The molecule has 20 heavy (non-hydrogen) atoms. The third-order valence-corrected chi connectivity index (χ3v) is 3.69. The number of rotatable bonds is 6. The third-order valence-electron chi connectivity index (χ3n) is 3.69. The molecule has 2 rings (SSSR count). The second kappa shape index (κ2) is 7.40. The number of nitrogens with two attached hydrogens (primary N) is 1. The minimum atomic E-state index is 0.0357. The van der Waals surface area contributed by atoms with Crippen LogP contribution in [0.4, 0.5) is 0 Å². The second-order valence-corrected chi connectivity index (χ2v) is 5.40. The van der Waals surface area contributed by atoms with Crippen LogP contribution in [0.1, 0.15) is 37.1 Å². The van der Waals surface area contributed by atoms with Crippen LogP contribution >= 0.6 is 0 Å². The Hall–Kier alpha value is -1.40. The normalized spacial score (nSPS) is 20.0. The van der Waals surface area contributed by atoms with Gasteiger partial charge in [-0.1, -0.05) is 11.6 Å². The summed E-state index contributed by atoms with van der Waals surface area (Å²) in [4.78, 5) is 13.9. The van der Waals surface area contributed by atoms with Crippen molar-refractivity contribution in [2.75, 3.05) is 19.6 Å². The molecule has 0 spiro atoms. The molecule has 1 atom stereocenters. The van der Waals surface area contributed by atoms with Gasteiger partial charge in [-0.2, -0.15) is 0 Å². The summed E-state index contributed by atoms with van der Waals surface area (Å²) in [6.07, 6.45) is 3.91. The number of hydrogen-bond acceptors (Lipinski definition) is 5. The summed E-state index contributed by atoms with van der Waals surface area (Å²) in [6.45, 7) is 4.81. The molecule has 0 aromatic carbocycles. The summed E-state index contributed by atoms with van der Waals surface area (Å²) in [7, 11) is 0. The number of aromatic nitrogens is 1. The Morgan fingerprint density at radius 2 is 2.45 bits per heavy atom. The third kappa shape index (κ3) is 4.31. The zero-order valence-electron chi connectivity index (χ0n) is 12.1. The fraction of sp³-hybridized carbons (Fsp3) is 0.714. The molecule has 1 aliphatic rings. The van der Waals surface area contributed by atoms with Gasteiger partial charge in [0.25, 0.3) is 0 Å². The predicted molar refractivity (Wildman–Crippen MR) is 76.0 cm³/mol. The van der Waals surface area contributed by atoms with E-state index in [2.05, 4.69) is 15.4 Å². The summed E-state index contributed by atoms with van der Waals surface area (Å²) >= 11 is 0. The summed E-state index contributed by atoms with van der Waals surface area (Å²) in [5, 5.41) is 6.89. The van der Waals surface area contributed by atoms with E-state index in [-0.39, 0.29) is 5.91 Å². The van der Waals surface area contributed by atoms with Gasteiger partial charge in [0.15, 0.2) is 5.76 Å². The highest BCUT2D eigenvalue weighted by Crippen LogP contribution is 2.19. The Bertz CT molecular complexity index is 433. The van der Waals surface area contributed by atoms with E-state index < -0.39 is 0 Å². The van der Waals surface area contributed by atoms with E-state index >= 15 is 0 Å². The number of carbonyl (C=O) groups is 1. The number of nitrogens with one attached hydrogen (secondary N) is 1. The summed E-state index contributed by atoms with van der Waals surface area (Å²) in [5.41, 5.74) is 6.29. The van der Waals surface area contributed by atoms with Crippen LogP contribution in [0.15, 0.2) is 10.6 Å². The van der Waals surface area contributed by atoms with Crippen molar-refractivity contribution in [1.82, 2.24) is 15.4 Å². The Morgan fingerprint density at radius 1 is 1.60 bits per heavy atom. The maximum Gasteiger partial charge on any atom is 0.221 e. The SMILES string of the molecule is Cc1cc(CN2CCCCC2CNC(=O)CCN)on1. The molecule has 0 radical (unpaired) electrons. The molecule has 1 aromatic heterocycles. The summed E-state index contributed by atoms with van der Waals surface area (Å²) in [6, 6.07) is 2.34. The van der Waals surface area contributed by atoms with Crippen LogP contribution in [0.2, 0.25) is 0 Å². The van der Waals surface area contributed by atoms with Crippen molar-refractivity contribution in [2.45, 2.75) is 45.2 Å². The first kappa shape index (κ1) is 15.0. The molecular formula is C14H24N4O2. The van der Waals surface area contributed by atoms with E-state index in [1.165, 1.54) is 12.8 Å². The zero-order chi connectivity index (χ0) is 14.4. The molecule has 2 heterocycles. The quantitative estimate of drug-likeness (QED) is 0.805. The van der Waals surface area contributed by atoms with E-state index in [0.717, 1.165) is 31.0 Å². The topological polar surface area (TPSA) is 84.4 Å². The van der Waals surface area contributed by atoms with Gasteiger partial charge >= 0.3 is 0 Å². The van der Waals surface area contributed by atoms with Gasteiger partial charge in [0.2, 0.25) is 5.91 Å². The molecule has 1 saturated heterocycles. The molecule has 6 heteroatoms. The average molecular weight is 280 g/mol. The Balaban J connectivity index is 1.86. The lowest BCUT2D eigenvalue weighted by Crippen LogP contribution is -2.46. The molecule has 6 nitrogen and oxygen atoms in total. The highest BCUT2D eigenvalue weighted by atomic mass is 16.5. The van der Waals surface area contributed by atoms with E-state index in [9.17, 15) is 4.79 Å². The van der Waals surface area contributed by atoms with E-state index in [4.69, 9.17) is 10.3 Å². The van der Waals surface area contributed by atoms with Crippen LogP contribution in [0.5, 0.6) is 0 Å². The van der Waals surface area contributed by atoms with Gasteiger partial charge in [0, 0.05) is 31.6 Å².